The van der Waals surface area contributed by atoms with Crippen molar-refractivity contribution in [3.05, 3.63) is 0 Å². The number of carbonyl (C=O) groups is 1. The van der Waals surface area contributed by atoms with Crippen LogP contribution >= 0.6 is 0 Å². The molecule has 0 spiro atoms. The second-order valence-electron chi connectivity index (χ2n) is 5.20. The number of carbonyl (C=O) groups excluding carboxylic acids is 1. The lowest BCUT2D eigenvalue weighted by molar-refractivity contribution is -0.136. The van der Waals surface area contributed by atoms with Gasteiger partial charge >= 0.3 is 0 Å². The third kappa shape index (κ3) is 3.48. The van der Waals surface area contributed by atoms with E-state index in [0.29, 0.717) is 17.9 Å². The summed E-state index contributed by atoms with van der Waals surface area (Å²) in [6, 6.07) is 0.517. The molecule has 3 heteroatoms. The van der Waals surface area contributed by atoms with Gasteiger partial charge in [0.25, 0.3) is 0 Å². The Hall–Kier alpha value is -0.570. The molecule has 2 unspecified atom stereocenters. The summed E-state index contributed by atoms with van der Waals surface area (Å²) in [7, 11) is 0. The first-order valence-corrected chi connectivity index (χ1v) is 6.58. The van der Waals surface area contributed by atoms with Crippen LogP contribution in [0.25, 0.3) is 0 Å². The first kappa shape index (κ1) is 13.5. The SMILES string of the molecule is CCN(CC1CCCN1)C(=O)C(C)C(C)C. The van der Waals surface area contributed by atoms with E-state index < -0.39 is 0 Å². The Balaban J connectivity index is 2.48. The minimum Gasteiger partial charge on any atom is -0.341 e. The number of likely N-dealkylation sites (N-methyl/N-ethyl adjacent to an activating group) is 1. The van der Waals surface area contributed by atoms with E-state index >= 15 is 0 Å². The van der Waals surface area contributed by atoms with Crippen molar-refractivity contribution in [1.29, 1.82) is 0 Å². The zero-order chi connectivity index (χ0) is 12.1. The molecule has 1 rings (SSSR count). The summed E-state index contributed by atoms with van der Waals surface area (Å²) >= 11 is 0. The number of hydrogen-bond donors (Lipinski definition) is 1. The van der Waals surface area contributed by atoms with Gasteiger partial charge in [0.05, 0.1) is 0 Å². The number of rotatable bonds is 5. The van der Waals surface area contributed by atoms with Crippen LogP contribution in [0.1, 0.15) is 40.5 Å². The van der Waals surface area contributed by atoms with Crippen molar-refractivity contribution in [2.75, 3.05) is 19.6 Å². The summed E-state index contributed by atoms with van der Waals surface area (Å²) < 4.78 is 0. The lowest BCUT2D eigenvalue weighted by atomic mass is 9.96. The van der Waals surface area contributed by atoms with Crippen LogP contribution < -0.4 is 5.32 Å². The van der Waals surface area contributed by atoms with Crippen molar-refractivity contribution in [2.45, 2.75) is 46.6 Å². The molecule has 94 valence electrons. The van der Waals surface area contributed by atoms with E-state index in [1.807, 2.05) is 11.8 Å². The predicted molar refractivity (Wildman–Crippen MR) is 67.3 cm³/mol. The molecule has 2 atom stereocenters. The summed E-state index contributed by atoms with van der Waals surface area (Å²) in [5.41, 5.74) is 0. The van der Waals surface area contributed by atoms with Gasteiger partial charge in [0, 0.05) is 25.0 Å². The highest BCUT2D eigenvalue weighted by atomic mass is 16.2. The standard InChI is InChI=1S/C13H26N2O/c1-5-15(9-12-7-6-8-14-12)13(16)11(4)10(2)3/h10-12,14H,5-9H2,1-4H3. The van der Waals surface area contributed by atoms with Crippen molar-refractivity contribution in [2.24, 2.45) is 11.8 Å². The molecule has 0 bridgehead atoms. The third-order valence-corrected chi connectivity index (χ3v) is 3.69. The van der Waals surface area contributed by atoms with Crippen LogP contribution in [0, 0.1) is 11.8 Å². The van der Waals surface area contributed by atoms with Crippen LogP contribution in [0.2, 0.25) is 0 Å². The highest BCUT2D eigenvalue weighted by Crippen LogP contribution is 2.15. The minimum atomic E-state index is 0.140. The average Bonchev–Trinajstić information content (AvgIpc) is 2.76. The Kier molecular flexibility index (Phi) is 5.26. The number of nitrogens with zero attached hydrogens (tertiary/aromatic N) is 1. The van der Waals surface area contributed by atoms with Crippen LogP contribution in [-0.2, 0) is 4.79 Å². The van der Waals surface area contributed by atoms with Gasteiger partial charge < -0.3 is 10.2 Å². The van der Waals surface area contributed by atoms with Crippen LogP contribution in [0.15, 0.2) is 0 Å². The summed E-state index contributed by atoms with van der Waals surface area (Å²) in [4.78, 5) is 14.2. The van der Waals surface area contributed by atoms with Crippen LogP contribution in [0.5, 0.6) is 0 Å². The van der Waals surface area contributed by atoms with Crippen molar-refractivity contribution < 1.29 is 4.79 Å². The highest BCUT2D eigenvalue weighted by Gasteiger charge is 2.25. The monoisotopic (exact) mass is 226 g/mol. The highest BCUT2D eigenvalue weighted by molar-refractivity contribution is 5.78. The van der Waals surface area contributed by atoms with Gasteiger partial charge in [-0.25, -0.2) is 0 Å². The van der Waals surface area contributed by atoms with Crippen LogP contribution in [0.3, 0.4) is 0 Å². The summed E-state index contributed by atoms with van der Waals surface area (Å²) in [6.45, 7) is 11.2. The van der Waals surface area contributed by atoms with Gasteiger partial charge in [-0.15, -0.1) is 0 Å². The predicted octanol–water partition coefficient (Wildman–Crippen LogP) is 1.88. The molecule has 0 saturated carbocycles. The van der Waals surface area contributed by atoms with Gasteiger partial charge in [0.15, 0.2) is 0 Å². The van der Waals surface area contributed by atoms with Gasteiger partial charge in [-0.3, -0.25) is 4.79 Å². The average molecular weight is 226 g/mol. The molecule has 1 aliphatic heterocycles. The van der Waals surface area contributed by atoms with Crippen molar-refractivity contribution >= 4 is 5.91 Å². The Morgan fingerprint density at radius 2 is 2.12 bits per heavy atom. The molecule has 0 aromatic rings. The quantitative estimate of drug-likeness (QED) is 0.776. The van der Waals surface area contributed by atoms with E-state index in [4.69, 9.17) is 0 Å². The Morgan fingerprint density at radius 3 is 2.56 bits per heavy atom. The number of amides is 1. The van der Waals surface area contributed by atoms with Crippen LogP contribution in [0.4, 0.5) is 0 Å². The zero-order valence-corrected chi connectivity index (χ0v) is 11.1. The molecule has 0 aliphatic carbocycles. The molecule has 0 aromatic carbocycles. The van der Waals surface area contributed by atoms with E-state index in [1.54, 1.807) is 0 Å². The van der Waals surface area contributed by atoms with Gasteiger partial charge in [-0.1, -0.05) is 20.8 Å². The van der Waals surface area contributed by atoms with E-state index in [9.17, 15) is 4.79 Å². The molecule has 16 heavy (non-hydrogen) atoms. The fourth-order valence-corrected chi connectivity index (χ4v) is 2.13. The van der Waals surface area contributed by atoms with E-state index in [2.05, 4.69) is 26.1 Å². The maximum Gasteiger partial charge on any atom is 0.225 e. The van der Waals surface area contributed by atoms with E-state index in [1.165, 1.54) is 12.8 Å². The van der Waals surface area contributed by atoms with Crippen molar-refractivity contribution in [3.63, 3.8) is 0 Å². The topological polar surface area (TPSA) is 32.3 Å². The minimum absolute atomic E-state index is 0.140. The lowest BCUT2D eigenvalue weighted by Crippen LogP contribution is -2.44. The molecule has 0 aromatic heterocycles. The molecule has 1 aliphatic rings. The third-order valence-electron chi connectivity index (χ3n) is 3.69. The molecule has 1 heterocycles. The molecular weight excluding hydrogens is 200 g/mol. The molecule has 1 amide bonds. The summed E-state index contributed by atoms with van der Waals surface area (Å²) in [5.74, 6) is 0.880. The number of hydrogen-bond acceptors (Lipinski definition) is 2. The first-order chi connectivity index (χ1) is 7.56. The summed E-state index contributed by atoms with van der Waals surface area (Å²) in [5, 5.41) is 3.45. The maximum absolute atomic E-state index is 12.2. The van der Waals surface area contributed by atoms with Gasteiger partial charge in [0.2, 0.25) is 5.91 Å². The molecular formula is C13H26N2O. The van der Waals surface area contributed by atoms with Crippen molar-refractivity contribution in [1.82, 2.24) is 10.2 Å². The smallest absolute Gasteiger partial charge is 0.225 e. The fourth-order valence-electron chi connectivity index (χ4n) is 2.13. The van der Waals surface area contributed by atoms with Gasteiger partial charge in [-0.05, 0) is 32.2 Å². The molecule has 1 N–H and O–H groups in total. The number of nitrogens with one attached hydrogen (secondary N) is 1. The van der Waals surface area contributed by atoms with Gasteiger partial charge in [-0.2, -0.15) is 0 Å². The largest absolute Gasteiger partial charge is 0.341 e. The second-order valence-corrected chi connectivity index (χ2v) is 5.20. The normalized spacial score (nSPS) is 22.4. The lowest BCUT2D eigenvalue weighted by Gasteiger charge is -2.28. The van der Waals surface area contributed by atoms with E-state index in [0.717, 1.165) is 19.6 Å². The Morgan fingerprint density at radius 1 is 1.44 bits per heavy atom. The summed E-state index contributed by atoms with van der Waals surface area (Å²) in [6.07, 6.45) is 2.45. The van der Waals surface area contributed by atoms with E-state index in [-0.39, 0.29) is 5.92 Å². The zero-order valence-electron chi connectivity index (χ0n) is 11.1. The first-order valence-electron chi connectivity index (χ1n) is 6.58. The maximum atomic E-state index is 12.2. The molecule has 0 radical (unpaired) electrons. The second kappa shape index (κ2) is 6.24. The molecule has 1 saturated heterocycles. The van der Waals surface area contributed by atoms with Crippen LogP contribution in [-0.4, -0.2) is 36.5 Å². The molecule has 3 nitrogen and oxygen atoms in total. The van der Waals surface area contributed by atoms with Gasteiger partial charge in [0.1, 0.15) is 0 Å². The van der Waals surface area contributed by atoms with Crippen molar-refractivity contribution in [3.8, 4) is 0 Å². The fraction of sp³-hybridized carbons (Fsp3) is 0.923. The Labute approximate surface area is 99.6 Å². The molecule has 1 fully saturated rings. The Bertz CT molecular complexity index is 222.